The Labute approximate surface area is 119 Å². The fourth-order valence-electron chi connectivity index (χ4n) is 2.97. The van der Waals surface area contributed by atoms with Crippen molar-refractivity contribution in [1.82, 2.24) is 9.62 Å². The summed E-state index contributed by atoms with van der Waals surface area (Å²) in [5.41, 5.74) is 0. The van der Waals surface area contributed by atoms with Gasteiger partial charge in [0.15, 0.2) is 0 Å². The van der Waals surface area contributed by atoms with Gasteiger partial charge in [0.05, 0.1) is 6.26 Å². The Morgan fingerprint density at radius 3 is 2.68 bits per heavy atom. The number of sulfonamides is 1. The molecule has 1 fully saturated rings. The van der Waals surface area contributed by atoms with Crippen molar-refractivity contribution in [3.63, 3.8) is 0 Å². The van der Waals surface area contributed by atoms with Gasteiger partial charge in [-0.2, -0.15) is 0 Å². The molecule has 0 aromatic heterocycles. The summed E-state index contributed by atoms with van der Waals surface area (Å²) < 4.78 is 24.9. The molecule has 0 saturated carbocycles. The summed E-state index contributed by atoms with van der Waals surface area (Å²) in [6.07, 6.45) is 8.29. The molecule has 0 aromatic carbocycles. The third kappa shape index (κ3) is 6.23. The summed E-state index contributed by atoms with van der Waals surface area (Å²) in [6, 6.07) is 0.550. The lowest BCUT2D eigenvalue weighted by Gasteiger charge is -2.33. The van der Waals surface area contributed by atoms with E-state index in [9.17, 15) is 8.42 Å². The Morgan fingerprint density at radius 1 is 1.37 bits per heavy atom. The van der Waals surface area contributed by atoms with E-state index in [-0.39, 0.29) is 0 Å². The predicted octanol–water partition coefficient (Wildman–Crippen LogP) is 2.22. The number of nitrogens with zero attached hydrogens (tertiary/aromatic N) is 1. The van der Waals surface area contributed by atoms with Crippen molar-refractivity contribution in [3.05, 3.63) is 0 Å². The van der Waals surface area contributed by atoms with E-state index in [4.69, 9.17) is 0 Å². The van der Waals surface area contributed by atoms with Crippen molar-refractivity contribution >= 4 is 10.0 Å². The van der Waals surface area contributed by atoms with Gasteiger partial charge in [-0.1, -0.05) is 26.7 Å². The monoisotopic (exact) mass is 290 g/mol. The first-order chi connectivity index (χ1) is 8.97. The lowest BCUT2D eigenvalue weighted by molar-refractivity contribution is 0.234. The van der Waals surface area contributed by atoms with Gasteiger partial charge in [-0.15, -0.1) is 0 Å². The van der Waals surface area contributed by atoms with Crippen LogP contribution >= 0.6 is 0 Å². The maximum atomic E-state index is 11.6. The van der Waals surface area contributed by atoms with E-state index in [1.807, 2.05) is 0 Å². The van der Waals surface area contributed by atoms with Crippen LogP contribution in [0.3, 0.4) is 0 Å². The summed E-state index contributed by atoms with van der Waals surface area (Å²) in [6.45, 7) is 6.78. The van der Waals surface area contributed by atoms with Crippen LogP contribution in [-0.4, -0.2) is 44.7 Å². The zero-order valence-electron chi connectivity index (χ0n) is 12.7. The summed E-state index contributed by atoms with van der Waals surface area (Å²) in [7, 11) is -3.01. The summed E-state index contributed by atoms with van der Waals surface area (Å²) >= 11 is 0. The van der Waals surface area contributed by atoms with Gasteiger partial charge in [-0.3, -0.25) is 0 Å². The molecule has 114 valence electrons. The smallest absolute Gasteiger partial charge is 0.211 e. The van der Waals surface area contributed by atoms with Crippen LogP contribution in [0, 0.1) is 5.92 Å². The average Bonchev–Trinajstić information content (AvgIpc) is 2.35. The molecule has 1 N–H and O–H groups in total. The molecule has 2 unspecified atom stereocenters. The topological polar surface area (TPSA) is 49.4 Å². The molecule has 4 nitrogen and oxygen atoms in total. The van der Waals surface area contributed by atoms with Gasteiger partial charge in [0, 0.05) is 19.1 Å². The van der Waals surface area contributed by atoms with Gasteiger partial charge >= 0.3 is 0 Å². The molecule has 0 spiro atoms. The standard InChI is InChI=1S/C14H30N2O2S/c1-4-6-9-14(15-5-2)11-13-8-7-10-16(12-13)19(3,17)18/h13-15H,4-12H2,1-3H3. The third-order valence-corrected chi connectivity index (χ3v) is 5.24. The fraction of sp³-hybridized carbons (Fsp3) is 1.00. The van der Waals surface area contributed by atoms with Crippen molar-refractivity contribution in [2.24, 2.45) is 5.92 Å². The van der Waals surface area contributed by atoms with Crippen molar-refractivity contribution in [3.8, 4) is 0 Å². The highest BCUT2D eigenvalue weighted by Gasteiger charge is 2.27. The first-order valence-corrected chi connectivity index (χ1v) is 9.50. The zero-order chi connectivity index (χ0) is 14.3. The van der Waals surface area contributed by atoms with Gasteiger partial charge in [-0.05, 0) is 38.1 Å². The molecule has 0 bridgehead atoms. The highest BCUT2D eigenvalue weighted by atomic mass is 32.2. The second kappa shape index (κ2) is 8.22. The molecule has 0 amide bonds. The van der Waals surface area contributed by atoms with Crippen LogP contribution in [0.4, 0.5) is 0 Å². The van der Waals surface area contributed by atoms with Gasteiger partial charge in [0.1, 0.15) is 0 Å². The Balaban J connectivity index is 2.49. The number of hydrogen-bond acceptors (Lipinski definition) is 3. The third-order valence-electron chi connectivity index (χ3n) is 3.97. The quantitative estimate of drug-likeness (QED) is 0.745. The van der Waals surface area contributed by atoms with Crippen molar-refractivity contribution in [2.75, 3.05) is 25.9 Å². The Bertz CT molecular complexity index is 343. The lowest BCUT2D eigenvalue weighted by Crippen LogP contribution is -2.41. The van der Waals surface area contributed by atoms with E-state index in [1.165, 1.54) is 31.9 Å². The van der Waals surface area contributed by atoms with Crippen LogP contribution in [-0.2, 0) is 10.0 Å². The molecule has 2 atom stereocenters. The molecule has 1 aliphatic rings. The van der Waals surface area contributed by atoms with Gasteiger partial charge < -0.3 is 5.32 Å². The first-order valence-electron chi connectivity index (χ1n) is 7.65. The van der Waals surface area contributed by atoms with Crippen LogP contribution in [0.5, 0.6) is 0 Å². The Kier molecular flexibility index (Phi) is 7.32. The Morgan fingerprint density at radius 2 is 2.11 bits per heavy atom. The molecule has 0 radical (unpaired) electrons. The van der Waals surface area contributed by atoms with E-state index in [0.717, 1.165) is 19.4 Å². The lowest BCUT2D eigenvalue weighted by atomic mass is 9.90. The van der Waals surface area contributed by atoms with Crippen molar-refractivity contribution in [1.29, 1.82) is 0 Å². The molecule has 19 heavy (non-hydrogen) atoms. The van der Waals surface area contributed by atoms with E-state index in [1.54, 1.807) is 4.31 Å². The van der Waals surface area contributed by atoms with E-state index in [0.29, 0.717) is 25.0 Å². The van der Waals surface area contributed by atoms with Crippen LogP contribution in [0.25, 0.3) is 0 Å². The molecular weight excluding hydrogens is 260 g/mol. The summed E-state index contributed by atoms with van der Waals surface area (Å²) in [4.78, 5) is 0. The molecule has 1 aliphatic heterocycles. The van der Waals surface area contributed by atoms with Crippen LogP contribution in [0.2, 0.25) is 0 Å². The summed E-state index contributed by atoms with van der Waals surface area (Å²) in [5.74, 6) is 0.518. The molecule has 5 heteroatoms. The number of nitrogens with one attached hydrogen (secondary N) is 1. The minimum atomic E-state index is -3.01. The normalized spacial score (nSPS) is 23.4. The number of rotatable bonds is 8. The van der Waals surface area contributed by atoms with Gasteiger partial charge in [0.2, 0.25) is 10.0 Å². The number of hydrogen-bond donors (Lipinski definition) is 1. The maximum Gasteiger partial charge on any atom is 0.211 e. The molecule has 1 saturated heterocycles. The van der Waals surface area contributed by atoms with E-state index >= 15 is 0 Å². The second-order valence-corrected chi connectivity index (χ2v) is 7.74. The molecule has 1 rings (SSSR count). The largest absolute Gasteiger partial charge is 0.314 e. The van der Waals surface area contributed by atoms with Crippen LogP contribution in [0.1, 0.15) is 52.4 Å². The molecule has 0 aliphatic carbocycles. The average molecular weight is 290 g/mol. The predicted molar refractivity (Wildman–Crippen MR) is 80.7 cm³/mol. The maximum absolute atomic E-state index is 11.6. The molecule has 0 aromatic rings. The van der Waals surface area contributed by atoms with Gasteiger partial charge in [0.25, 0.3) is 0 Å². The zero-order valence-corrected chi connectivity index (χ0v) is 13.5. The highest BCUT2D eigenvalue weighted by Crippen LogP contribution is 2.24. The van der Waals surface area contributed by atoms with Crippen molar-refractivity contribution < 1.29 is 8.42 Å². The van der Waals surface area contributed by atoms with Gasteiger partial charge in [-0.25, -0.2) is 12.7 Å². The SMILES string of the molecule is CCCCC(CC1CCCN(S(C)(=O)=O)C1)NCC. The van der Waals surface area contributed by atoms with Crippen LogP contribution in [0.15, 0.2) is 0 Å². The fourth-order valence-corrected chi connectivity index (χ4v) is 3.91. The molecular formula is C14H30N2O2S. The minimum Gasteiger partial charge on any atom is -0.314 e. The van der Waals surface area contributed by atoms with Crippen molar-refractivity contribution in [2.45, 2.75) is 58.4 Å². The second-order valence-electron chi connectivity index (χ2n) is 5.76. The summed E-state index contributed by atoms with van der Waals surface area (Å²) in [5, 5.41) is 3.55. The number of unbranched alkanes of at least 4 members (excludes halogenated alkanes) is 1. The number of piperidine rings is 1. The first kappa shape index (κ1) is 16.9. The molecule has 1 heterocycles. The van der Waals surface area contributed by atoms with E-state index in [2.05, 4.69) is 19.2 Å². The van der Waals surface area contributed by atoms with Crippen LogP contribution < -0.4 is 5.32 Å². The highest BCUT2D eigenvalue weighted by molar-refractivity contribution is 7.88. The minimum absolute atomic E-state index is 0.518. The van der Waals surface area contributed by atoms with E-state index < -0.39 is 10.0 Å². The Hall–Kier alpha value is -0.130.